The van der Waals surface area contributed by atoms with Crippen molar-refractivity contribution in [1.82, 2.24) is 0 Å². The van der Waals surface area contributed by atoms with Crippen molar-refractivity contribution in [2.45, 2.75) is 13.0 Å². The maximum Gasteiger partial charge on any atom is 0.340 e. The van der Waals surface area contributed by atoms with Crippen molar-refractivity contribution in [2.24, 2.45) is 10.2 Å². The van der Waals surface area contributed by atoms with Gasteiger partial charge in [0.2, 0.25) is 6.04 Å². The van der Waals surface area contributed by atoms with Crippen LogP contribution in [0.1, 0.15) is 6.92 Å². The van der Waals surface area contributed by atoms with Crippen molar-refractivity contribution < 1.29 is 18.7 Å². The number of halogens is 3. The van der Waals surface area contributed by atoms with Crippen LogP contribution >= 0.6 is 27.5 Å². The van der Waals surface area contributed by atoms with Crippen molar-refractivity contribution in [3.63, 3.8) is 0 Å². The Morgan fingerprint density at radius 2 is 2.32 bits per heavy atom. The Labute approximate surface area is 121 Å². The van der Waals surface area contributed by atoms with Gasteiger partial charge in [-0.1, -0.05) is 11.6 Å². The number of rotatable bonds is 5. The molecular formula is C11H9BrClFN2O3. The molecule has 0 saturated carbocycles. The highest BCUT2D eigenvalue weighted by atomic mass is 79.9. The summed E-state index contributed by atoms with van der Waals surface area (Å²) < 4.78 is 18.2. The van der Waals surface area contributed by atoms with Crippen LogP contribution in [-0.4, -0.2) is 24.9 Å². The van der Waals surface area contributed by atoms with Crippen LogP contribution in [0.25, 0.3) is 0 Å². The van der Waals surface area contributed by atoms with Crippen LogP contribution in [-0.2, 0) is 14.3 Å². The molecule has 0 amide bonds. The molecule has 0 aromatic heterocycles. The maximum absolute atomic E-state index is 13.4. The van der Waals surface area contributed by atoms with Crippen molar-refractivity contribution in [3.8, 4) is 0 Å². The molecule has 5 nitrogen and oxygen atoms in total. The van der Waals surface area contributed by atoms with E-state index in [4.69, 9.17) is 11.6 Å². The number of ether oxygens (including phenoxy) is 1. The highest BCUT2D eigenvalue weighted by Gasteiger charge is 2.18. The fourth-order valence-electron chi connectivity index (χ4n) is 1.07. The molecule has 0 fully saturated rings. The molecule has 0 aliphatic heterocycles. The summed E-state index contributed by atoms with van der Waals surface area (Å²) in [5.74, 6) is -1.52. The highest BCUT2D eigenvalue weighted by Crippen LogP contribution is 2.32. The maximum atomic E-state index is 13.4. The van der Waals surface area contributed by atoms with Crippen LogP contribution in [0.15, 0.2) is 26.8 Å². The second kappa shape index (κ2) is 7.30. The molecule has 0 spiro atoms. The zero-order chi connectivity index (χ0) is 14.4. The minimum atomic E-state index is -1.39. The Hall–Kier alpha value is -1.34. The van der Waals surface area contributed by atoms with E-state index < -0.39 is 17.8 Å². The molecular weight excluding hydrogens is 342 g/mol. The van der Waals surface area contributed by atoms with Crippen LogP contribution in [0, 0.1) is 5.82 Å². The molecule has 1 rings (SSSR count). The van der Waals surface area contributed by atoms with E-state index in [1.54, 1.807) is 6.92 Å². The van der Waals surface area contributed by atoms with Gasteiger partial charge in [0.25, 0.3) is 0 Å². The molecule has 19 heavy (non-hydrogen) atoms. The van der Waals surface area contributed by atoms with Crippen molar-refractivity contribution in [1.29, 1.82) is 0 Å². The van der Waals surface area contributed by atoms with Gasteiger partial charge in [0.15, 0.2) is 12.1 Å². The van der Waals surface area contributed by atoms with Gasteiger partial charge in [0, 0.05) is 0 Å². The highest BCUT2D eigenvalue weighted by molar-refractivity contribution is 9.10. The number of carbonyl (C=O) groups excluding carboxylic acids is 2. The number of aldehydes is 1. The predicted molar refractivity (Wildman–Crippen MR) is 70.1 cm³/mol. The van der Waals surface area contributed by atoms with Crippen LogP contribution < -0.4 is 0 Å². The lowest BCUT2D eigenvalue weighted by molar-refractivity contribution is -0.145. The van der Waals surface area contributed by atoms with Gasteiger partial charge in [0.05, 0.1) is 11.1 Å². The standard InChI is InChI=1S/C11H9BrClFN2O3/c1-2-19-11(18)8(5-17)16-15-7-4-3-6(12)10(14)9(7)13/h3-5,8H,2H2,1H3/b16-15-. The third kappa shape index (κ3) is 4.07. The number of carbonyl (C=O) groups is 2. The summed E-state index contributed by atoms with van der Waals surface area (Å²) in [6.07, 6.45) is 0.282. The predicted octanol–water partition coefficient (Wildman–Crippen LogP) is 3.46. The fraction of sp³-hybridized carbons (Fsp3) is 0.273. The normalized spacial score (nSPS) is 12.4. The summed E-state index contributed by atoms with van der Waals surface area (Å²) in [4.78, 5) is 22.0. The first-order chi connectivity index (χ1) is 9.01. The average Bonchev–Trinajstić information content (AvgIpc) is 2.39. The molecule has 0 saturated heterocycles. The Balaban J connectivity index is 2.94. The van der Waals surface area contributed by atoms with Crippen molar-refractivity contribution in [2.75, 3.05) is 6.61 Å². The zero-order valence-corrected chi connectivity index (χ0v) is 12.1. The van der Waals surface area contributed by atoms with Gasteiger partial charge in [-0.25, -0.2) is 9.18 Å². The van der Waals surface area contributed by atoms with Gasteiger partial charge < -0.3 is 9.53 Å². The van der Waals surface area contributed by atoms with Gasteiger partial charge >= 0.3 is 5.97 Å². The lowest BCUT2D eigenvalue weighted by Crippen LogP contribution is -2.22. The molecule has 1 unspecified atom stereocenters. The molecule has 0 aliphatic carbocycles. The van der Waals surface area contributed by atoms with Crippen LogP contribution in [0.4, 0.5) is 10.1 Å². The third-order valence-electron chi connectivity index (χ3n) is 1.96. The first-order valence-corrected chi connectivity index (χ1v) is 6.34. The van der Waals surface area contributed by atoms with Crippen LogP contribution in [0.3, 0.4) is 0 Å². The first kappa shape index (κ1) is 15.7. The monoisotopic (exact) mass is 350 g/mol. The molecule has 0 aliphatic rings. The van der Waals surface area contributed by atoms with Gasteiger partial charge in [-0.05, 0) is 35.0 Å². The van der Waals surface area contributed by atoms with Gasteiger partial charge in [-0.2, -0.15) is 10.2 Å². The van der Waals surface area contributed by atoms with E-state index in [0.29, 0.717) is 0 Å². The third-order valence-corrected chi connectivity index (χ3v) is 2.93. The summed E-state index contributed by atoms with van der Waals surface area (Å²) in [6, 6.07) is 1.39. The van der Waals surface area contributed by atoms with E-state index in [2.05, 4.69) is 30.9 Å². The molecule has 8 heteroatoms. The fourth-order valence-corrected chi connectivity index (χ4v) is 1.72. The minimum absolute atomic E-state index is 0.0125. The molecule has 1 aromatic rings. The molecule has 1 aromatic carbocycles. The summed E-state index contributed by atoms with van der Waals surface area (Å²) in [6.45, 7) is 1.71. The van der Waals surface area contributed by atoms with E-state index in [1.807, 2.05) is 0 Å². The number of benzene rings is 1. The number of esters is 1. The zero-order valence-electron chi connectivity index (χ0n) is 9.77. The van der Waals surface area contributed by atoms with E-state index >= 15 is 0 Å². The number of hydrogen-bond donors (Lipinski definition) is 0. The van der Waals surface area contributed by atoms with E-state index in [9.17, 15) is 14.0 Å². The molecule has 0 N–H and O–H groups in total. The van der Waals surface area contributed by atoms with Crippen LogP contribution in [0.2, 0.25) is 5.02 Å². The Bertz CT molecular complexity index is 525. The van der Waals surface area contributed by atoms with Crippen LogP contribution in [0.5, 0.6) is 0 Å². The Kier molecular flexibility index (Phi) is 6.04. The second-order valence-electron chi connectivity index (χ2n) is 3.24. The second-order valence-corrected chi connectivity index (χ2v) is 4.48. The smallest absolute Gasteiger partial charge is 0.340 e. The summed E-state index contributed by atoms with van der Waals surface area (Å²) in [5.41, 5.74) is 0.0125. The summed E-state index contributed by atoms with van der Waals surface area (Å²) >= 11 is 8.66. The molecule has 1 atom stereocenters. The Morgan fingerprint density at radius 1 is 1.63 bits per heavy atom. The van der Waals surface area contributed by atoms with Crippen molar-refractivity contribution >= 4 is 45.5 Å². The summed E-state index contributed by atoms with van der Waals surface area (Å²) in [5, 5.41) is 6.80. The van der Waals surface area contributed by atoms with E-state index in [1.165, 1.54) is 12.1 Å². The largest absolute Gasteiger partial charge is 0.464 e. The number of hydrogen-bond acceptors (Lipinski definition) is 5. The number of azo groups is 1. The number of nitrogens with zero attached hydrogens (tertiary/aromatic N) is 2. The van der Waals surface area contributed by atoms with Gasteiger partial charge in [-0.3, -0.25) is 0 Å². The summed E-state index contributed by atoms with van der Waals surface area (Å²) in [7, 11) is 0. The lowest BCUT2D eigenvalue weighted by Gasteiger charge is -2.04. The first-order valence-electron chi connectivity index (χ1n) is 5.17. The SMILES string of the molecule is CCOC(=O)C(C=O)/N=N\c1ccc(Br)c(F)c1Cl. The van der Waals surface area contributed by atoms with Crippen molar-refractivity contribution in [3.05, 3.63) is 27.4 Å². The average molecular weight is 352 g/mol. The van der Waals surface area contributed by atoms with Gasteiger partial charge in [0.1, 0.15) is 10.7 Å². The molecule has 0 bridgehead atoms. The van der Waals surface area contributed by atoms with E-state index in [-0.39, 0.29) is 28.1 Å². The molecule has 0 radical (unpaired) electrons. The quantitative estimate of drug-likeness (QED) is 0.268. The molecule has 102 valence electrons. The van der Waals surface area contributed by atoms with Gasteiger partial charge in [-0.15, -0.1) is 0 Å². The molecule has 0 heterocycles. The minimum Gasteiger partial charge on any atom is -0.464 e. The topological polar surface area (TPSA) is 68.1 Å². The lowest BCUT2D eigenvalue weighted by atomic mass is 10.3. The Morgan fingerprint density at radius 3 is 2.89 bits per heavy atom. The van der Waals surface area contributed by atoms with E-state index in [0.717, 1.165) is 0 Å².